The summed E-state index contributed by atoms with van der Waals surface area (Å²) in [4.78, 5) is 0. The van der Waals surface area contributed by atoms with Crippen LogP contribution in [0.15, 0.2) is 18.2 Å². The largest absolute Gasteiger partial charge is 0.392 e. The van der Waals surface area contributed by atoms with Crippen molar-refractivity contribution in [3.8, 4) is 6.07 Å². The van der Waals surface area contributed by atoms with Gasteiger partial charge in [-0.25, -0.2) is 4.39 Å². The summed E-state index contributed by atoms with van der Waals surface area (Å²) in [5, 5.41) is 21.6. The molecule has 1 saturated carbocycles. The fourth-order valence-electron chi connectivity index (χ4n) is 2.05. The van der Waals surface area contributed by atoms with Crippen molar-refractivity contribution >= 4 is 5.69 Å². The minimum atomic E-state index is -0.508. The molecule has 0 aromatic heterocycles. The van der Waals surface area contributed by atoms with Crippen molar-refractivity contribution in [3.05, 3.63) is 29.6 Å². The van der Waals surface area contributed by atoms with Crippen LogP contribution in [0.4, 0.5) is 10.1 Å². The molecule has 2 rings (SSSR count). The molecule has 0 saturated heterocycles. The van der Waals surface area contributed by atoms with E-state index < -0.39 is 5.82 Å². The number of anilines is 1. The van der Waals surface area contributed by atoms with Gasteiger partial charge in [0.2, 0.25) is 0 Å². The monoisotopic (exact) mass is 234 g/mol. The first-order chi connectivity index (χ1) is 7.95. The van der Waals surface area contributed by atoms with Crippen molar-refractivity contribution in [2.24, 2.45) is 5.41 Å². The van der Waals surface area contributed by atoms with E-state index >= 15 is 0 Å². The van der Waals surface area contributed by atoms with E-state index in [0.717, 1.165) is 0 Å². The van der Waals surface area contributed by atoms with E-state index in [4.69, 9.17) is 5.26 Å². The van der Waals surface area contributed by atoms with E-state index in [-0.39, 0.29) is 23.1 Å². The number of aliphatic hydroxyl groups excluding tert-OH is 1. The second-order valence-electron chi connectivity index (χ2n) is 5.08. The Hall–Kier alpha value is -1.60. The molecule has 17 heavy (non-hydrogen) atoms. The fraction of sp³-hybridized carbons (Fsp3) is 0.462. The number of nitrogens with zero attached hydrogens (tertiary/aromatic N) is 1. The van der Waals surface area contributed by atoms with E-state index in [2.05, 4.69) is 5.32 Å². The summed E-state index contributed by atoms with van der Waals surface area (Å²) in [5.74, 6) is -0.508. The average molecular weight is 234 g/mol. The topological polar surface area (TPSA) is 56.0 Å². The van der Waals surface area contributed by atoms with Gasteiger partial charge in [0, 0.05) is 17.1 Å². The summed E-state index contributed by atoms with van der Waals surface area (Å²) < 4.78 is 13.1. The molecule has 0 aliphatic heterocycles. The molecule has 3 nitrogen and oxygen atoms in total. The lowest BCUT2D eigenvalue weighted by Crippen LogP contribution is -2.56. The Kier molecular flexibility index (Phi) is 2.80. The fourth-order valence-corrected chi connectivity index (χ4v) is 2.05. The minimum absolute atomic E-state index is 0.0349. The predicted molar refractivity (Wildman–Crippen MR) is 62.9 cm³/mol. The lowest BCUT2D eigenvalue weighted by atomic mass is 9.64. The number of hydrogen-bond acceptors (Lipinski definition) is 3. The Labute approximate surface area is 99.9 Å². The number of hydrogen-bond donors (Lipinski definition) is 2. The third-order valence-corrected chi connectivity index (χ3v) is 3.64. The van der Waals surface area contributed by atoms with Gasteiger partial charge in [0.05, 0.1) is 11.7 Å². The standard InChI is InChI=1S/C13H15FN2O/c1-13(2)11(6-12(13)17)16-9-3-4-10(14)8(5-9)7-15/h3-5,11-12,16-17H,6H2,1-2H3. The summed E-state index contributed by atoms with van der Waals surface area (Å²) in [6.07, 6.45) is 0.364. The van der Waals surface area contributed by atoms with E-state index in [9.17, 15) is 9.50 Å². The molecule has 0 spiro atoms. The molecule has 2 atom stereocenters. The molecule has 0 bridgehead atoms. The summed E-state index contributed by atoms with van der Waals surface area (Å²) in [6, 6.07) is 6.34. The quantitative estimate of drug-likeness (QED) is 0.825. The molecular formula is C13H15FN2O. The first-order valence-electron chi connectivity index (χ1n) is 5.59. The van der Waals surface area contributed by atoms with Gasteiger partial charge in [-0.15, -0.1) is 0 Å². The van der Waals surface area contributed by atoms with Gasteiger partial charge >= 0.3 is 0 Å². The average Bonchev–Trinajstić information content (AvgIpc) is 2.31. The van der Waals surface area contributed by atoms with Crippen LogP contribution in [0, 0.1) is 22.6 Å². The minimum Gasteiger partial charge on any atom is -0.392 e. The van der Waals surface area contributed by atoms with Crippen LogP contribution in [-0.2, 0) is 0 Å². The summed E-state index contributed by atoms with van der Waals surface area (Å²) >= 11 is 0. The van der Waals surface area contributed by atoms with Crippen molar-refractivity contribution in [2.75, 3.05) is 5.32 Å². The van der Waals surface area contributed by atoms with E-state index in [1.165, 1.54) is 12.1 Å². The van der Waals surface area contributed by atoms with E-state index in [0.29, 0.717) is 12.1 Å². The van der Waals surface area contributed by atoms with Gasteiger partial charge in [-0.1, -0.05) is 13.8 Å². The molecule has 4 heteroatoms. The van der Waals surface area contributed by atoms with Gasteiger partial charge in [-0.3, -0.25) is 0 Å². The number of nitrogens with one attached hydrogen (secondary N) is 1. The maximum atomic E-state index is 13.1. The lowest BCUT2D eigenvalue weighted by molar-refractivity contribution is -0.0510. The number of benzene rings is 1. The number of halogens is 1. The van der Waals surface area contributed by atoms with Gasteiger partial charge in [-0.2, -0.15) is 5.26 Å². The van der Waals surface area contributed by atoms with Gasteiger partial charge in [0.25, 0.3) is 0 Å². The lowest BCUT2D eigenvalue weighted by Gasteiger charge is -2.49. The van der Waals surface area contributed by atoms with E-state index in [1.807, 2.05) is 19.9 Å². The molecule has 0 heterocycles. The molecule has 90 valence electrons. The van der Waals surface area contributed by atoms with Gasteiger partial charge in [0.1, 0.15) is 11.9 Å². The Morgan fingerprint density at radius 3 is 2.76 bits per heavy atom. The highest BCUT2D eigenvalue weighted by atomic mass is 19.1. The first kappa shape index (κ1) is 11.9. The number of nitriles is 1. The molecule has 2 unspecified atom stereocenters. The van der Waals surface area contributed by atoms with Crippen LogP contribution < -0.4 is 5.32 Å². The van der Waals surface area contributed by atoms with Crippen LogP contribution in [0.1, 0.15) is 25.8 Å². The first-order valence-corrected chi connectivity index (χ1v) is 5.59. The van der Waals surface area contributed by atoms with Crippen LogP contribution in [0.2, 0.25) is 0 Å². The Morgan fingerprint density at radius 1 is 1.53 bits per heavy atom. The van der Waals surface area contributed by atoms with Gasteiger partial charge in [-0.05, 0) is 24.6 Å². The van der Waals surface area contributed by atoms with Gasteiger partial charge < -0.3 is 10.4 Å². The molecule has 0 amide bonds. The van der Waals surface area contributed by atoms with Crippen LogP contribution in [-0.4, -0.2) is 17.3 Å². The zero-order valence-corrected chi connectivity index (χ0v) is 9.87. The summed E-state index contributed by atoms with van der Waals surface area (Å²) in [6.45, 7) is 3.96. The smallest absolute Gasteiger partial charge is 0.141 e. The molecule has 1 aromatic rings. The van der Waals surface area contributed by atoms with Crippen LogP contribution in [0.5, 0.6) is 0 Å². The summed E-state index contributed by atoms with van der Waals surface area (Å²) in [7, 11) is 0. The third-order valence-electron chi connectivity index (χ3n) is 3.64. The van der Waals surface area contributed by atoms with Crippen LogP contribution in [0.3, 0.4) is 0 Å². The Morgan fingerprint density at radius 2 is 2.24 bits per heavy atom. The SMILES string of the molecule is CC1(C)C(O)CC1Nc1ccc(F)c(C#N)c1. The highest BCUT2D eigenvalue weighted by molar-refractivity contribution is 5.51. The third kappa shape index (κ3) is 1.98. The molecule has 1 aliphatic rings. The maximum absolute atomic E-state index is 13.1. The molecule has 1 aliphatic carbocycles. The van der Waals surface area contributed by atoms with Crippen molar-refractivity contribution in [2.45, 2.75) is 32.4 Å². The van der Waals surface area contributed by atoms with Crippen LogP contribution in [0.25, 0.3) is 0 Å². The molecule has 2 N–H and O–H groups in total. The van der Waals surface area contributed by atoms with Crippen molar-refractivity contribution in [1.82, 2.24) is 0 Å². The zero-order valence-electron chi connectivity index (χ0n) is 9.87. The van der Waals surface area contributed by atoms with Crippen LogP contribution >= 0.6 is 0 Å². The molecular weight excluding hydrogens is 219 g/mol. The molecule has 1 fully saturated rings. The zero-order chi connectivity index (χ0) is 12.6. The van der Waals surface area contributed by atoms with Gasteiger partial charge in [0.15, 0.2) is 0 Å². The number of aliphatic hydroxyl groups is 1. The predicted octanol–water partition coefficient (Wildman–Crippen LogP) is 2.27. The Bertz CT molecular complexity index is 479. The van der Waals surface area contributed by atoms with Crippen molar-refractivity contribution in [1.29, 1.82) is 5.26 Å². The normalized spacial score (nSPS) is 25.8. The van der Waals surface area contributed by atoms with Crippen molar-refractivity contribution < 1.29 is 9.50 Å². The molecule has 1 aromatic carbocycles. The highest BCUT2D eigenvalue weighted by Gasteiger charge is 2.47. The molecule has 0 radical (unpaired) electrons. The Balaban J connectivity index is 2.13. The maximum Gasteiger partial charge on any atom is 0.141 e. The highest BCUT2D eigenvalue weighted by Crippen LogP contribution is 2.42. The summed E-state index contributed by atoms with van der Waals surface area (Å²) in [5.41, 5.74) is 0.557. The van der Waals surface area contributed by atoms with Crippen molar-refractivity contribution in [3.63, 3.8) is 0 Å². The van der Waals surface area contributed by atoms with E-state index in [1.54, 1.807) is 6.07 Å². The second-order valence-corrected chi connectivity index (χ2v) is 5.08. The number of rotatable bonds is 2. The second kappa shape index (κ2) is 4.01.